The number of hydrogen-bond donors (Lipinski definition) is 1. The van der Waals surface area contributed by atoms with Crippen molar-refractivity contribution in [1.82, 2.24) is 0 Å². The summed E-state index contributed by atoms with van der Waals surface area (Å²) in [6.45, 7) is 2.04. The smallest absolute Gasteiger partial charge is 0.169 e. The lowest BCUT2D eigenvalue weighted by Crippen LogP contribution is -2.10. The SMILES string of the molecule is CC(Nc1ccc(N(C)C)c(Cl)c1)c1ccc(Br)o1. The Morgan fingerprint density at radius 1 is 1.26 bits per heavy atom. The number of hydrogen-bond acceptors (Lipinski definition) is 3. The molecule has 0 radical (unpaired) electrons. The van der Waals surface area contributed by atoms with Crippen LogP contribution in [0.4, 0.5) is 11.4 Å². The van der Waals surface area contributed by atoms with Crippen LogP contribution < -0.4 is 10.2 Å². The second kappa shape index (κ2) is 5.88. The summed E-state index contributed by atoms with van der Waals surface area (Å²) in [6.07, 6.45) is 0. The fourth-order valence-electron chi connectivity index (χ4n) is 1.84. The number of nitrogens with zero attached hydrogens (tertiary/aromatic N) is 1. The molecule has 2 rings (SSSR count). The Kier molecular flexibility index (Phi) is 4.42. The molecule has 0 amide bonds. The number of nitrogens with one attached hydrogen (secondary N) is 1. The van der Waals surface area contributed by atoms with Gasteiger partial charge in [-0.05, 0) is 53.2 Å². The van der Waals surface area contributed by atoms with Gasteiger partial charge in [0.15, 0.2) is 4.67 Å². The van der Waals surface area contributed by atoms with Crippen molar-refractivity contribution < 1.29 is 4.42 Å². The zero-order valence-corrected chi connectivity index (χ0v) is 13.4. The number of halogens is 2. The summed E-state index contributed by atoms with van der Waals surface area (Å²) in [5, 5.41) is 4.09. The molecule has 1 aromatic heterocycles. The first kappa shape index (κ1) is 14.3. The molecule has 0 aliphatic heterocycles. The molecule has 0 fully saturated rings. The molecule has 5 heteroatoms. The van der Waals surface area contributed by atoms with Gasteiger partial charge in [-0.25, -0.2) is 0 Å². The zero-order valence-electron chi connectivity index (χ0n) is 11.1. The number of benzene rings is 1. The largest absolute Gasteiger partial charge is 0.452 e. The third kappa shape index (κ3) is 3.45. The Morgan fingerprint density at radius 3 is 2.53 bits per heavy atom. The van der Waals surface area contributed by atoms with E-state index in [4.69, 9.17) is 16.0 Å². The number of anilines is 2. The van der Waals surface area contributed by atoms with Gasteiger partial charge in [-0.15, -0.1) is 0 Å². The van der Waals surface area contributed by atoms with E-state index in [1.807, 2.05) is 56.3 Å². The maximum Gasteiger partial charge on any atom is 0.169 e. The highest BCUT2D eigenvalue weighted by atomic mass is 79.9. The first-order chi connectivity index (χ1) is 8.97. The van der Waals surface area contributed by atoms with Crippen LogP contribution in [0.2, 0.25) is 5.02 Å². The molecule has 1 unspecified atom stereocenters. The second-order valence-electron chi connectivity index (χ2n) is 4.57. The summed E-state index contributed by atoms with van der Waals surface area (Å²) in [4.78, 5) is 1.99. The van der Waals surface area contributed by atoms with Crippen LogP contribution in [0.1, 0.15) is 18.7 Å². The molecule has 0 spiro atoms. The van der Waals surface area contributed by atoms with Gasteiger partial charge in [0.25, 0.3) is 0 Å². The van der Waals surface area contributed by atoms with Crippen molar-refractivity contribution in [3.8, 4) is 0 Å². The minimum Gasteiger partial charge on any atom is -0.452 e. The Labute approximate surface area is 126 Å². The third-order valence-electron chi connectivity index (χ3n) is 2.83. The normalized spacial score (nSPS) is 12.3. The highest BCUT2D eigenvalue weighted by Crippen LogP contribution is 2.30. The highest BCUT2D eigenvalue weighted by molar-refractivity contribution is 9.10. The molecular weight excluding hydrogens is 328 g/mol. The van der Waals surface area contributed by atoms with Crippen LogP contribution >= 0.6 is 27.5 Å². The topological polar surface area (TPSA) is 28.4 Å². The van der Waals surface area contributed by atoms with E-state index in [0.717, 1.165) is 26.8 Å². The molecule has 3 nitrogen and oxygen atoms in total. The van der Waals surface area contributed by atoms with Crippen LogP contribution in [-0.4, -0.2) is 14.1 Å². The van der Waals surface area contributed by atoms with Crippen LogP contribution in [0.15, 0.2) is 39.4 Å². The first-order valence-corrected chi connectivity index (χ1v) is 7.13. The molecular formula is C14H16BrClN2O. The van der Waals surface area contributed by atoms with Crippen LogP contribution in [0.25, 0.3) is 0 Å². The van der Waals surface area contributed by atoms with Gasteiger partial charge in [0.05, 0.1) is 16.8 Å². The predicted octanol–water partition coefficient (Wildman–Crippen LogP) is 4.93. The van der Waals surface area contributed by atoms with E-state index in [1.165, 1.54) is 0 Å². The molecule has 102 valence electrons. The maximum atomic E-state index is 6.25. The number of furan rings is 1. The molecule has 1 heterocycles. The van der Waals surface area contributed by atoms with Crippen molar-refractivity contribution >= 4 is 38.9 Å². The van der Waals surface area contributed by atoms with Crippen molar-refractivity contribution in [2.24, 2.45) is 0 Å². The Bertz CT molecular complexity index is 568. The first-order valence-electron chi connectivity index (χ1n) is 5.96. The van der Waals surface area contributed by atoms with Crippen molar-refractivity contribution in [2.45, 2.75) is 13.0 Å². The monoisotopic (exact) mass is 342 g/mol. The third-order valence-corrected chi connectivity index (χ3v) is 3.56. The van der Waals surface area contributed by atoms with Gasteiger partial charge in [-0.1, -0.05) is 11.6 Å². The Balaban J connectivity index is 2.13. The van der Waals surface area contributed by atoms with E-state index < -0.39 is 0 Å². The summed E-state index contributed by atoms with van der Waals surface area (Å²) in [6, 6.07) is 9.83. The molecule has 2 aromatic rings. The van der Waals surface area contributed by atoms with Gasteiger partial charge in [0.2, 0.25) is 0 Å². The van der Waals surface area contributed by atoms with Crippen molar-refractivity contribution in [3.05, 3.63) is 45.8 Å². The molecule has 0 bridgehead atoms. The highest BCUT2D eigenvalue weighted by Gasteiger charge is 2.11. The van der Waals surface area contributed by atoms with Gasteiger partial charge in [-0.3, -0.25) is 0 Å². The summed E-state index contributed by atoms with van der Waals surface area (Å²) >= 11 is 9.55. The van der Waals surface area contributed by atoms with E-state index in [1.54, 1.807) is 0 Å². The van der Waals surface area contributed by atoms with Crippen LogP contribution in [0.5, 0.6) is 0 Å². The second-order valence-corrected chi connectivity index (χ2v) is 5.76. The summed E-state index contributed by atoms with van der Waals surface area (Å²) in [5.74, 6) is 0.875. The Hall–Kier alpha value is -1.13. The molecule has 1 atom stereocenters. The summed E-state index contributed by atoms with van der Waals surface area (Å²) < 4.78 is 6.26. The standard InChI is InChI=1S/C14H16BrClN2O/c1-9(13-6-7-14(15)19-13)17-10-4-5-12(18(2)3)11(16)8-10/h4-9,17H,1-3H3. The summed E-state index contributed by atoms with van der Waals surface area (Å²) in [5.41, 5.74) is 1.97. The van der Waals surface area contributed by atoms with Gasteiger partial charge < -0.3 is 14.6 Å². The van der Waals surface area contributed by atoms with Gasteiger partial charge in [0, 0.05) is 19.8 Å². The Morgan fingerprint density at radius 2 is 2.00 bits per heavy atom. The average Bonchev–Trinajstić information content (AvgIpc) is 2.75. The lowest BCUT2D eigenvalue weighted by molar-refractivity contribution is 0.471. The van der Waals surface area contributed by atoms with Crippen LogP contribution in [0.3, 0.4) is 0 Å². The van der Waals surface area contributed by atoms with Gasteiger partial charge in [-0.2, -0.15) is 0 Å². The van der Waals surface area contributed by atoms with E-state index in [2.05, 4.69) is 21.2 Å². The lowest BCUT2D eigenvalue weighted by Gasteiger charge is -2.17. The molecule has 19 heavy (non-hydrogen) atoms. The van der Waals surface area contributed by atoms with E-state index in [0.29, 0.717) is 0 Å². The lowest BCUT2D eigenvalue weighted by atomic mass is 10.2. The van der Waals surface area contributed by atoms with E-state index in [-0.39, 0.29) is 6.04 Å². The van der Waals surface area contributed by atoms with Crippen LogP contribution in [-0.2, 0) is 0 Å². The quantitative estimate of drug-likeness (QED) is 0.853. The van der Waals surface area contributed by atoms with Gasteiger partial charge >= 0.3 is 0 Å². The molecule has 1 aromatic carbocycles. The molecule has 1 N–H and O–H groups in total. The fourth-order valence-corrected chi connectivity index (χ4v) is 2.51. The number of rotatable bonds is 4. The summed E-state index contributed by atoms with van der Waals surface area (Å²) in [7, 11) is 3.94. The molecule has 0 saturated carbocycles. The van der Waals surface area contributed by atoms with Crippen molar-refractivity contribution in [1.29, 1.82) is 0 Å². The maximum absolute atomic E-state index is 6.25. The predicted molar refractivity (Wildman–Crippen MR) is 84.2 cm³/mol. The molecule has 0 aliphatic rings. The zero-order chi connectivity index (χ0) is 14.0. The minimum atomic E-state index is 0.0765. The van der Waals surface area contributed by atoms with Crippen molar-refractivity contribution in [3.63, 3.8) is 0 Å². The van der Waals surface area contributed by atoms with E-state index in [9.17, 15) is 0 Å². The van der Waals surface area contributed by atoms with Crippen molar-refractivity contribution in [2.75, 3.05) is 24.3 Å². The molecule has 0 aliphatic carbocycles. The van der Waals surface area contributed by atoms with Gasteiger partial charge in [0.1, 0.15) is 5.76 Å². The fraction of sp³-hybridized carbons (Fsp3) is 0.286. The van der Waals surface area contributed by atoms with E-state index >= 15 is 0 Å². The van der Waals surface area contributed by atoms with Crippen LogP contribution in [0, 0.1) is 0 Å². The molecule has 0 saturated heterocycles. The minimum absolute atomic E-state index is 0.0765. The average molecular weight is 344 g/mol.